The van der Waals surface area contributed by atoms with Gasteiger partial charge in [-0.05, 0) is 32.0 Å². The van der Waals surface area contributed by atoms with Gasteiger partial charge in [-0.25, -0.2) is 9.78 Å². The molecule has 0 radical (unpaired) electrons. The van der Waals surface area contributed by atoms with Crippen molar-refractivity contribution in [2.75, 3.05) is 7.11 Å². The van der Waals surface area contributed by atoms with E-state index in [1.54, 1.807) is 26.2 Å². The second-order valence-electron chi connectivity index (χ2n) is 4.83. The highest BCUT2D eigenvalue weighted by atomic mass is 35.5. The van der Waals surface area contributed by atoms with Gasteiger partial charge in [0.25, 0.3) is 0 Å². The molecule has 0 amide bonds. The second-order valence-corrected chi connectivity index (χ2v) is 6.22. The zero-order valence-corrected chi connectivity index (χ0v) is 13.7. The molecule has 0 atom stereocenters. The molecule has 7 heteroatoms. The highest BCUT2D eigenvalue weighted by molar-refractivity contribution is 7.19. The van der Waals surface area contributed by atoms with Crippen LogP contribution in [0.4, 0.5) is 0 Å². The Labute approximate surface area is 135 Å². The van der Waals surface area contributed by atoms with E-state index in [-0.39, 0.29) is 0 Å². The van der Waals surface area contributed by atoms with Crippen LogP contribution in [0.1, 0.15) is 21.1 Å². The van der Waals surface area contributed by atoms with Crippen molar-refractivity contribution in [3.05, 3.63) is 39.5 Å². The van der Waals surface area contributed by atoms with E-state index in [4.69, 9.17) is 16.3 Å². The van der Waals surface area contributed by atoms with Gasteiger partial charge in [-0.2, -0.15) is 0 Å². The number of methoxy groups -OCH3 is 1. The molecule has 5 nitrogen and oxygen atoms in total. The Kier molecular flexibility index (Phi) is 3.58. The first-order chi connectivity index (χ1) is 10.4. The van der Waals surface area contributed by atoms with Crippen LogP contribution in [0, 0.1) is 13.8 Å². The lowest BCUT2D eigenvalue weighted by Crippen LogP contribution is -1.98. The normalized spacial score (nSPS) is 11.1. The topological polar surface area (TPSA) is 63.8 Å². The van der Waals surface area contributed by atoms with Crippen molar-refractivity contribution in [1.82, 2.24) is 9.38 Å². The van der Waals surface area contributed by atoms with Crippen LogP contribution in [0.2, 0.25) is 5.02 Å². The first kappa shape index (κ1) is 14.9. The van der Waals surface area contributed by atoms with E-state index in [0.29, 0.717) is 26.3 Å². The molecule has 2 aromatic heterocycles. The van der Waals surface area contributed by atoms with Crippen LogP contribution in [-0.4, -0.2) is 27.6 Å². The summed E-state index contributed by atoms with van der Waals surface area (Å²) < 4.78 is 7.01. The third kappa shape index (κ3) is 2.15. The Morgan fingerprint density at radius 3 is 2.64 bits per heavy atom. The molecule has 0 unspecified atom stereocenters. The Hall–Kier alpha value is -2.05. The van der Waals surface area contributed by atoms with Crippen LogP contribution < -0.4 is 4.74 Å². The number of halogens is 1. The fourth-order valence-electron chi connectivity index (χ4n) is 2.49. The zero-order chi connectivity index (χ0) is 16.0. The van der Waals surface area contributed by atoms with Crippen LogP contribution in [0.3, 0.4) is 0 Å². The molecule has 0 fully saturated rings. The number of aromatic nitrogens is 2. The van der Waals surface area contributed by atoms with Crippen molar-refractivity contribution in [2.24, 2.45) is 0 Å². The number of carbonyl (C=O) groups is 1. The highest BCUT2D eigenvalue weighted by Gasteiger charge is 2.20. The monoisotopic (exact) mass is 336 g/mol. The molecule has 3 aromatic rings. The standard InChI is InChI=1S/C15H13ClN2O3S/c1-7-12(9-4-5-11(21-3)10(16)6-9)17-15-18(7)8(2)13(22-15)14(19)20/h4-6H,1-3H3,(H,19,20). The number of aryl methyl sites for hydroxylation is 2. The molecule has 1 N–H and O–H groups in total. The fraction of sp³-hybridized carbons (Fsp3) is 0.200. The van der Waals surface area contributed by atoms with Crippen molar-refractivity contribution >= 4 is 33.9 Å². The average molecular weight is 337 g/mol. The summed E-state index contributed by atoms with van der Waals surface area (Å²) >= 11 is 7.34. The van der Waals surface area contributed by atoms with Crippen molar-refractivity contribution in [3.8, 4) is 17.0 Å². The van der Waals surface area contributed by atoms with Gasteiger partial charge in [0.05, 0.1) is 17.8 Å². The zero-order valence-electron chi connectivity index (χ0n) is 12.2. The Morgan fingerprint density at radius 2 is 2.09 bits per heavy atom. The predicted octanol–water partition coefficient (Wildman–Crippen LogP) is 4.04. The Balaban J connectivity index is 2.18. The predicted molar refractivity (Wildman–Crippen MR) is 86.5 cm³/mol. The molecule has 0 spiro atoms. The Bertz CT molecular complexity index is 898. The quantitative estimate of drug-likeness (QED) is 0.784. The van der Waals surface area contributed by atoms with E-state index in [1.807, 2.05) is 17.4 Å². The van der Waals surface area contributed by atoms with E-state index >= 15 is 0 Å². The van der Waals surface area contributed by atoms with Gasteiger partial charge in [-0.1, -0.05) is 22.9 Å². The van der Waals surface area contributed by atoms with Gasteiger partial charge in [0.2, 0.25) is 0 Å². The summed E-state index contributed by atoms with van der Waals surface area (Å²) in [6.45, 7) is 3.70. The number of hydrogen-bond acceptors (Lipinski definition) is 4. The lowest BCUT2D eigenvalue weighted by Gasteiger charge is -2.05. The second kappa shape index (κ2) is 5.30. The summed E-state index contributed by atoms with van der Waals surface area (Å²) in [5.74, 6) is -0.324. The van der Waals surface area contributed by atoms with Crippen molar-refractivity contribution in [3.63, 3.8) is 0 Å². The minimum absolute atomic E-state index is 0.310. The summed E-state index contributed by atoms with van der Waals surface area (Å²) in [4.78, 5) is 16.7. The van der Waals surface area contributed by atoms with Gasteiger partial charge in [0, 0.05) is 17.0 Å². The number of fused-ring (bicyclic) bond motifs is 1. The molecule has 1 aromatic carbocycles. The van der Waals surface area contributed by atoms with E-state index in [0.717, 1.165) is 17.0 Å². The molecule has 114 valence electrons. The summed E-state index contributed by atoms with van der Waals surface area (Å²) in [5, 5.41) is 9.71. The number of rotatable bonds is 3. The van der Waals surface area contributed by atoms with Crippen molar-refractivity contribution < 1.29 is 14.6 Å². The summed E-state index contributed by atoms with van der Waals surface area (Å²) in [7, 11) is 1.57. The summed E-state index contributed by atoms with van der Waals surface area (Å²) in [6.07, 6.45) is 0. The molecule has 2 heterocycles. The number of thiazole rings is 1. The van der Waals surface area contributed by atoms with Crippen LogP contribution >= 0.6 is 22.9 Å². The molecule has 0 bridgehead atoms. The number of benzene rings is 1. The van der Waals surface area contributed by atoms with E-state index < -0.39 is 5.97 Å². The van der Waals surface area contributed by atoms with Crippen LogP contribution in [0.25, 0.3) is 16.2 Å². The summed E-state index contributed by atoms with van der Waals surface area (Å²) in [5.41, 5.74) is 3.23. The molecular formula is C15H13ClN2O3S. The molecule has 0 saturated carbocycles. The fourth-order valence-corrected chi connectivity index (χ4v) is 3.76. The van der Waals surface area contributed by atoms with Gasteiger partial charge < -0.3 is 9.84 Å². The molecule has 0 aliphatic heterocycles. The SMILES string of the molecule is COc1ccc(-c2nc3sc(C(=O)O)c(C)n3c2C)cc1Cl. The number of ether oxygens (including phenoxy) is 1. The van der Waals surface area contributed by atoms with Gasteiger partial charge in [0.15, 0.2) is 4.96 Å². The van der Waals surface area contributed by atoms with Crippen LogP contribution in [0.5, 0.6) is 5.75 Å². The molecule has 0 aliphatic rings. The van der Waals surface area contributed by atoms with Gasteiger partial charge >= 0.3 is 5.97 Å². The lowest BCUT2D eigenvalue weighted by molar-refractivity contribution is 0.0701. The van der Waals surface area contributed by atoms with Crippen molar-refractivity contribution in [1.29, 1.82) is 0 Å². The molecule has 22 heavy (non-hydrogen) atoms. The number of carboxylic acid groups (broad SMARTS) is 1. The van der Waals surface area contributed by atoms with E-state index in [1.165, 1.54) is 11.3 Å². The molecule has 0 saturated heterocycles. The minimum atomic E-state index is -0.929. The van der Waals surface area contributed by atoms with E-state index in [2.05, 4.69) is 4.98 Å². The molecule has 0 aliphatic carbocycles. The number of carboxylic acids is 1. The van der Waals surface area contributed by atoms with Gasteiger partial charge in [0.1, 0.15) is 10.6 Å². The van der Waals surface area contributed by atoms with E-state index in [9.17, 15) is 9.90 Å². The Morgan fingerprint density at radius 1 is 1.36 bits per heavy atom. The lowest BCUT2D eigenvalue weighted by atomic mass is 10.1. The average Bonchev–Trinajstić information content (AvgIpc) is 2.97. The highest BCUT2D eigenvalue weighted by Crippen LogP contribution is 2.34. The van der Waals surface area contributed by atoms with Gasteiger partial charge in [-0.3, -0.25) is 4.40 Å². The van der Waals surface area contributed by atoms with Gasteiger partial charge in [-0.15, -0.1) is 0 Å². The van der Waals surface area contributed by atoms with Crippen LogP contribution in [-0.2, 0) is 0 Å². The number of hydrogen-bond donors (Lipinski definition) is 1. The number of aromatic carboxylic acids is 1. The number of imidazole rings is 1. The smallest absolute Gasteiger partial charge is 0.347 e. The first-order valence-corrected chi connectivity index (χ1v) is 7.69. The summed E-state index contributed by atoms with van der Waals surface area (Å²) in [6, 6.07) is 5.48. The largest absolute Gasteiger partial charge is 0.495 e. The third-order valence-electron chi connectivity index (χ3n) is 3.55. The maximum absolute atomic E-state index is 11.2. The molecule has 3 rings (SSSR count). The number of nitrogens with zero attached hydrogens (tertiary/aromatic N) is 2. The van der Waals surface area contributed by atoms with Crippen molar-refractivity contribution in [2.45, 2.75) is 13.8 Å². The minimum Gasteiger partial charge on any atom is -0.495 e. The maximum atomic E-state index is 11.2. The maximum Gasteiger partial charge on any atom is 0.347 e. The first-order valence-electron chi connectivity index (χ1n) is 6.49. The third-order valence-corrected chi connectivity index (χ3v) is 4.98. The molecular weight excluding hydrogens is 324 g/mol. The van der Waals surface area contributed by atoms with Crippen LogP contribution in [0.15, 0.2) is 18.2 Å².